The van der Waals surface area contributed by atoms with Gasteiger partial charge in [0, 0.05) is 34.7 Å². The van der Waals surface area contributed by atoms with Crippen molar-refractivity contribution in [2.75, 3.05) is 7.11 Å². The van der Waals surface area contributed by atoms with Crippen molar-refractivity contribution in [2.45, 2.75) is 11.8 Å². The molecule has 0 unspecified atom stereocenters. The van der Waals surface area contributed by atoms with Gasteiger partial charge in [0.1, 0.15) is 11.3 Å². The largest absolute Gasteiger partial charge is 0.494 e. The molecule has 5 nitrogen and oxygen atoms in total. The molecule has 0 saturated heterocycles. The number of ether oxygens (including phenoxy) is 1. The summed E-state index contributed by atoms with van der Waals surface area (Å²) in [6.45, 7) is 1.92. The highest BCUT2D eigenvalue weighted by molar-refractivity contribution is 7.90. The van der Waals surface area contributed by atoms with Gasteiger partial charge >= 0.3 is 0 Å². The maximum absolute atomic E-state index is 13.1. The fourth-order valence-corrected chi connectivity index (χ4v) is 4.35. The van der Waals surface area contributed by atoms with E-state index in [0.29, 0.717) is 11.3 Å². The van der Waals surface area contributed by atoms with Crippen molar-refractivity contribution in [1.82, 2.24) is 8.96 Å². The number of nitrogens with one attached hydrogen (secondary N) is 1. The first-order valence-corrected chi connectivity index (χ1v) is 8.94. The highest BCUT2D eigenvalue weighted by Gasteiger charge is 2.22. The lowest BCUT2D eigenvalue weighted by Crippen LogP contribution is -2.12. The summed E-state index contributed by atoms with van der Waals surface area (Å²) in [5.74, 6) is 0.514. The number of hydrogen-bond donors (Lipinski definition) is 1. The van der Waals surface area contributed by atoms with E-state index in [0.717, 1.165) is 21.9 Å². The van der Waals surface area contributed by atoms with Crippen molar-refractivity contribution in [3.63, 3.8) is 0 Å². The molecule has 0 fully saturated rings. The Bertz CT molecular complexity index is 1150. The molecule has 122 valence electrons. The van der Waals surface area contributed by atoms with Crippen LogP contribution in [0, 0.1) is 6.92 Å². The molecule has 0 radical (unpaired) electrons. The number of methoxy groups -OCH3 is 1. The summed E-state index contributed by atoms with van der Waals surface area (Å²) in [5, 5.41) is 1.80. The molecule has 2 aromatic heterocycles. The summed E-state index contributed by atoms with van der Waals surface area (Å²) < 4.78 is 32.9. The van der Waals surface area contributed by atoms with Crippen molar-refractivity contribution >= 4 is 31.8 Å². The zero-order valence-corrected chi connectivity index (χ0v) is 14.1. The number of rotatable bonds is 3. The minimum Gasteiger partial charge on any atom is -0.494 e. The molecule has 2 heterocycles. The maximum Gasteiger partial charge on any atom is 0.268 e. The number of benzene rings is 2. The standard InChI is InChI=1S/C18H16N2O3S/c1-12-3-5-13(6-4-12)24(21,22)20-10-8-15-14-7-9-19-16(14)11-17(23-2)18(15)20/h3-11,19H,1-2H3. The lowest BCUT2D eigenvalue weighted by atomic mass is 10.1. The molecule has 0 atom stereocenters. The van der Waals surface area contributed by atoms with Crippen LogP contribution in [-0.4, -0.2) is 24.5 Å². The van der Waals surface area contributed by atoms with E-state index in [-0.39, 0.29) is 4.90 Å². The highest BCUT2D eigenvalue weighted by Crippen LogP contribution is 2.35. The minimum absolute atomic E-state index is 0.252. The van der Waals surface area contributed by atoms with Crippen molar-refractivity contribution in [1.29, 1.82) is 0 Å². The highest BCUT2D eigenvalue weighted by atomic mass is 32.2. The smallest absolute Gasteiger partial charge is 0.268 e. The summed E-state index contributed by atoms with van der Waals surface area (Å²) >= 11 is 0. The Morgan fingerprint density at radius 3 is 2.50 bits per heavy atom. The second-order valence-electron chi connectivity index (χ2n) is 5.71. The Hall–Kier alpha value is -2.73. The van der Waals surface area contributed by atoms with Gasteiger partial charge in [-0.15, -0.1) is 0 Å². The monoisotopic (exact) mass is 340 g/mol. The summed E-state index contributed by atoms with van der Waals surface area (Å²) in [6.07, 6.45) is 3.41. The third kappa shape index (κ3) is 2.03. The van der Waals surface area contributed by atoms with Crippen molar-refractivity contribution in [3.8, 4) is 5.75 Å². The first-order chi connectivity index (χ1) is 11.5. The van der Waals surface area contributed by atoms with E-state index in [4.69, 9.17) is 4.74 Å². The van der Waals surface area contributed by atoms with Crippen LogP contribution in [0.2, 0.25) is 0 Å². The predicted molar refractivity (Wildman–Crippen MR) is 94.1 cm³/mol. The fourth-order valence-electron chi connectivity index (χ4n) is 2.99. The molecule has 0 amide bonds. The van der Waals surface area contributed by atoms with Crippen LogP contribution in [0.1, 0.15) is 5.56 Å². The van der Waals surface area contributed by atoms with E-state index >= 15 is 0 Å². The number of nitrogens with zero attached hydrogens (tertiary/aromatic N) is 1. The minimum atomic E-state index is -3.70. The average molecular weight is 340 g/mol. The van der Waals surface area contributed by atoms with Gasteiger partial charge in [0.25, 0.3) is 10.0 Å². The van der Waals surface area contributed by atoms with Crippen molar-refractivity contribution in [2.24, 2.45) is 0 Å². The zero-order chi connectivity index (χ0) is 16.9. The maximum atomic E-state index is 13.1. The Kier molecular flexibility index (Phi) is 3.18. The van der Waals surface area contributed by atoms with E-state index in [2.05, 4.69) is 4.98 Å². The van der Waals surface area contributed by atoms with E-state index in [1.165, 1.54) is 3.97 Å². The predicted octanol–water partition coefficient (Wildman–Crippen LogP) is 3.68. The molecule has 2 aromatic carbocycles. The van der Waals surface area contributed by atoms with Gasteiger partial charge in [-0.25, -0.2) is 12.4 Å². The summed E-state index contributed by atoms with van der Waals surface area (Å²) in [5.41, 5.74) is 2.47. The Balaban J connectivity index is 2.05. The van der Waals surface area contributed by atoms with Crippen LogP contribution in [0.4, 0.5) is 0 Å². The SMILES string of the molecule is COc1cc2[nH]ccc2c2ccn(S(=O)(=O)c3ccc(C)cc3)c12. The van der Waals surface area contributed by atoms with Gasteiger partial charge in [-0.05, 0) is 31.2 Å². The number of fused-ring (bicyclic) bond motifs is 3. The van der Waals surface area contributed by atoms with E-state index < -0.39 is 10.0 Å². The molecule has 0 aliphatic heterocycles. The molecule has 4 rings (SSSR count). The molecular formula is C18H16N2O3S. The average Bonchev–Trinajstić information content (AvgIpc) is 3.20. The Labute approximate surface area is 139 Å². The first-order valence-electron chi connectivity index (χ1n) is 7.50. The number of H-pyrrole nitrogens is 1. The Morgan fingerprint density at radius 2 is 1.79 bits per heavy atom. The van der Waals surface area contributed by atoms with Crippen LogP contribution in [0.3, 0.4) is 0 Å². The molecule has 0 saturated carbocycles. The molecule has 0 spiro atoms. The van der Waals surface area contributed by atoms with E-state index in [1.807, 2.05) is 25.3 Å². The number of aromatic amines is 1. The molecule has 1 N–H and O–H groups in total. The van der Waals surface area contributed by atoms with Crippen LogP contribution in [-0.2, 0) is 10.0 Å². The lowest BCUT2D eigenvalue weighted by molar-refractivity contribution is 0.419. The van der Waals surface area contributed by atoms with Gasteiger partial charge in [0.2, 0.25) is 0 Å². The van der Waals surface area contributed by atoms with Gasteiger partial charge in [-0.2, -0.15) is 0 Å². The van der Waals surface area contributed by atoms with Crippen LogP contribution in [0.15, 0.2) is 59.8 Å². The first kappa shape index (κ1) is 14.8. The van der Waals surface area contributed by atoms with Gasteiger partial charge in [-0.1, -0.05) is 17.7 Å². The summed E-state index contributed by atoms with van der Waals surface area (Å²) in [7, 11) is -2.16. The van der Waals surface area contributed by atoms with Gasteiger partial charge in [0.15, 0.2) is 0 Å². The summed E-state index contributed by atoms with van der Waals surface area (Å²) in [6, 6.07) is 12.4. The molecule has 0 bridgehead atoms. The fraction of sp³-hybridized carbons (Fsp3) is 0.111. The van der Waals surface area contributed by atoms with Gasteiger partial charge in [0.05, 0.1) is 12.0 Å². The normalized spacial score (nSPS) is 12.1. The second kappa shape index (κ2) is 5.14. The third-order valence-electron chi connectivity index (χ3n) is 4.23. The molecule has 0 aliphatic rings. The topological polar surface area (TPSA) is 64.1 Å². The third-order valence-corrected chi connectivity index (χ3v) is 5.92. The van der Waals surface area contributed by atoms with Gasteiger partial charge < -0.3 is 9.72 Å². The van der Waals surface area contributed by atoms with Crippen LogP contribution in [0.25, 0.3) is 21.8 Å². The summed E-state index contributed by atoms with van der Waals surface area (Å²) in [4.78, 5) is 3.39. The zero-order valence-electron chi connectivity index (χ0n) is 13.3. The second-order valence-corrected chi connectivity index (χ2v) is 7.52. The Morgan fingerprint density at radius 1 is 1.04 bits per heavy atom. The number of aryl methyl sites for hydroxylation is 1. The van der Waals surface area contributed by atoms with Crippen LogP contribution in [0.5, 0.6) is 5.75 Å². The molecular weight excluding hydrogens is 324 g/mol. The van der Waals surface area contributed by atoms with Crippen molar-refractivity contribution < 1.29 is 13.2 Å². The molecule has 4 aromatic rings. The number of aromatic nitrogens is 2. The molecule has 6 heteroatoms. The van der Waals surface area contributed by atoms with E-state index in [9.17, 15) is 8.42 Å². The lowest BCUT2D eigenvalue weighted by Gasteiger charge is -2.11. The quantitative estimate of drug-likeness (QED) is 0.619. The molecule has 24 heavy (non-hydrogen) atoms. The van der Waals surface area contributed by atoms with E-state index in [1.54, 1.807) is 43.6 Å². The van der Waals surface area contributed by atoms with Crippen LogP contribution >= 0.6 is 0 Å². The van der Waals surface area contributed by atoms with Gasteiger partial charge in [-0.3, -0.25) is 0 Å². The van der Waals surface area contributed by atoms with Crippen molar-refractivity contribution in [3.05, 3.63) is 60.4 Å². The van der Waals surface area contributed by atoms with Crippen LogP contribution < -0.4 is 4.74 Å². The number of hydrogen-bond acceptors (Lipinski definition) is 3. The molecule has 0 aliphatic carbocycles.